The van der Waals surface area contributed by atoms with E-state index in [1.807, 2.05) is 12.1 Å². The van der Waals surface area contributed by atoms with Crippen molar-refractivity contribution >= 4 is 0 Å². The van der Waals surface area contributed by atoms with E-state index in [-0.39, 0.29) is 5.82 Å². The van der Waals surface area contributed by atoms with Gasteiger partial charge in [-0.25, -0.2) is 4.39 Å². The zero-order valence-corrected chi connectivity index (χ0v) is 10.6. The van der Waals surface area contributed by atoms with Crippen LogP contribution in [0.1, 0.15) is 44.6 Å². The molecule has 2 rings (SSSR count). The summed E-state index contributed by atoms with van der Waals surface area (Å²) in [5.74, 6) is 0.727. The van der Waals surface area contributed by atoms with Crippen molar-refractivity contribution in [2.45, 2.75) is 51.6 Å². The molecule has 0 radical (unpaired) electrons. The minimum atomic E-state index is -0.156. The molecule has 0 heterocycles. The van der Waals surface area contributed by atoms with Gasteiger partial charge < -0.3 is 5.32 Å². The number of rotatable bonds is 3. The van der Waals surface area contributed by atoms with Crippen LogP contribution in [0.2, 0.25) is 0 Å². The van der Waals surface area contributed by atoms with E-state index in [1.165, 1.54) is 49.8 Å². The molecule has 1 aromatic carbocycles. The van der Waals surface area contributed by atoms with Crippen molar-refractivity contribution in [3.05, 3.63) is 35.6 Å². The fourth-order valence-corrected chi connectivity index (χ4v) is 2.56. The molecule has 0 aromatic heterocycles. The zero-order chi connectivity index (χ0) is 12.1. The lowest BCUT2D eigenvalue weighted by atomic mass is 10.0. The molecule has 0 saturated heterocycles. The molecule has 1 saturated carbocycles. The molecular weight excluding hydrogens is 213 g/mol. The normalized spacial score (nSPS) is 25.5. The topological polar surface area (TPSA) is 12.0 Å². The van der Waals surface area contributed by atoms with Crippen molar-refractivity contribution in [2.75, 3.05) is 0 Å². The van der Waals surface area contributed by atoms with Crippen LogP contribution in [0.4, 0.5) is 4.39 Å². The Bertz CT molecular complexity index is 333. The lowest BCUT2D eigenvalue weighted by molar-refractivity contribution is 0.447. The maximum atomic E-state index is 12.8. The van der Waals surface area contributed by atoms with Crippen molar-refractivity contribution in [3.63, 3.8) is 0 Å². The lowest BCUT2D eigenvalue weighted by Gasteiger charge is -2.16. The van der Waals surface area contributed by atoms with E-state index >= 15 is 0 Å². The molecule has 0 aliphatic heterocycles. The van der Waals surface area contributed by atoms with Crippen molar-refractivity contribution in [3.8, 4) is 0 Å². The smallest absolute Gasteiger partial charge is 0.123 e. The average Bonchev–Trinajstić information content (AvgIpc) is 2.54. The molecule has 0 bridgehead atoms. The highest BCUT2D eigenvalue weighted by Crippen LogP contribution is 2.22. The molecule has 1 aliphatic carbocycles. The zero-order valence-electron chi connectivity index (χ0n) is 10.6. The highest BCUT2D eigenvalue weighted by atomic mass is 19.1. The summed E-state index contributed by atoms with van der Waals surface area (Å²) in [5, 5.41) is 3.60. The van der Waals surface area contributed by atoms with E-state index in [9.17, 15) is 4.39 Å². The molecule has 17 heavy (non-hydrogen) atoms. The Balaban J connectivity index is 1.79. The SMILES string of the molecule is CC1CCCC(NCc2ccc(F)cc2)CC1. The minimum absolute atomic E-state index is 0.156. The Morgan fingerprint density at radius 1 is 1.12 bits per heavy atom. The summed E-state index contributed by atoms with van der Waals surface area (Å²) in [6, 6.07) is 7.44. The number of hydrogen-bond acceptors (Lipinski definition) is 1. The largest absolute Gasteiger partial charge is 0.310 e. The maximum absolute atomic E-state index is 12.8. The summed E-state index contributed by atoms with van der Waals surface area (Å²) in [7, 11) is 0. The predicted octanol–water partition coefficient (Wildman–Crippen LogP) is 3.88. The van der Waals surface area contributed by atoms with Gasteiger partial charge in [-0.05, 0) is 42.9 Å². The predicted molar refractivity (Wildman–Crippen MR) is 69.3 cm³/mol. The van der Waals surface area contributed by atoms with Crippen LogP contribution in [0.15, 0.2) is 24.3 Å². The number of hydrogen-bond donors (Lipinski definition) is 1. The number of nitrogens with one attached hydrogen (secondary N) is 1. The molecule has 0 amide bonds. The summed E-state index contributed by atoms with van der Waals surface area (Å²) in [4.78, 5) is 0. The van der Waals surface area contributed by atoms with E-state index in [2.05, 4.69) is 12.2 Å². The van der Waals surface area contributed by atoms with Gasteiger partial charge in [0.15, 0.2) is 0 Å². The Hall–Kier alpha value is -0.890. The summed E-state index contributed by atoms with van der Waals surface area (Å²) < 4.78 is 12.8. The van der Waals surface area contributed by atoms with E-state index < -0.39 is 0 Å². The highest BCUT2D eigenvalue weighted by molar-refractivity contribution is 5.15. The van der Waals surface area contributed by atoms with Crippen LogP contribution in [0.5, 0.6) is 0 Å². The fraction of sp³-hybridized carbons (Fsp3) is 0.600. The minimum Gasteiger partial charge on any atom is -0.310 e. The van der Waals surface area contributed by atoms with Crippen LogP contribution < -0.4 is 5.32 Å². The monoisotopic (exact) mass is 235 g/mol. The molecule has 1 aromatic rings. The number of benzene rings is 1. The molecule has 0 spiro atoms. The molecular formula is C15H22FN. The van der Waals surface area contributed by atoms with Gasteiger partial charge in [-0.1, -0.05) is 31.9 Å². The van der Waals surface area contributed by atoms with Crippen molar-refractivity contribution in [2.24, 2.45) is 5.92 Å². The Kier molecular flexibility index (Phi) is 4.55. The van der Waals surface area contributed by atoms with Gasteiger partial charge in [0.05, 0.1) is 0 Å². The van der Waals surface area contributed by atoms with Gasteiger partial charge in [0.2, 0.25) is 0 Å². The molecule has 94 valence electrons. The van der Waals surface area contributed by atoms with Crippen LogP contribution in [0, 0.1) is 11.7 Å². The molecule has 1 N–H and O–H groups in total. The fourth-order valence-electron chi connectivity index (χ4n) is 2.56. The Morgan fingerprint density at radius 3 is 2.65 bits per heavy atom. The Morgan fingerprint density at radius 2 is 1.88 bits per heavy atom. The van der Waals surface area contributed by atoms with Gasteiger partial charge in [-0.3, -0.25) is 0 Å². The summed E-state index contributed by atoms with van der Waals surface area (Å²) in [5.41, 5.74) is 1.17. The lowest BCUT2D eigenvalue weighted by Crippen LogP contribution is -2.27. The van der Waals surface area contributed by atoms with E-state index in [0.717, 1.165) is 12.5 Å². The van der Waals surface area contributed by atoms with Crippen molar-refractivity contribution in [1.82, 2.24) is 5.32 Å². The van der Waals surface area contributed by atoms with Crippen molar-refractivity contribution < 1.29 is 4.39 Å². The number of halogens is 1. The maximum Gasteiger partial charge on any atom is 0.123 e. The van der Waals surface area contributed by atoms with Gasteiger partial charge in [0, 0.05) is 12.6 Å². The molecule has 2 atom stereocenters. The van der Waals surface area contributed by atoms with Crippen LogP contribution in [0.25, 0.3) is 0 Å². The van der Waals surface area contributed by atoms with E-state index in [4.69, 9.17) is 0 Å². The first-order valence-electron chi connectivity index (χ1n) is 6.72. The second-order valence-corrected chi connectivity index (χ2v) is 5.32. The van der Waals surface area contributed by atoms with Gasteiger partial charge in [0.1, 0.15) is 5.82 Å². The van der Waals surface area contributed by atoms with Crippen LogP contribution in [-0.4, -0.2) is 6.04 Å². The summed E-state index contributed by atoms with van der Waals surface area (Å²) >= 11 is 0. The first kappa shape index (κ1) is 12.6. The molecule has 1 nitrogen and oxygen atoms in total. The highest BCUT2D eigenvalue weighted by Gasteiger charge is 2.15. The average molecular weight is 235 g/mol. The molecule has 2 unspecified atom stereocenters. The molecule has 1 fully saturated rings. The second kappa shape index (κ2) is 6.15. The quantitative estimate of drug-likeness (QED) is 0.784. The van der Waals surface area contributed by atoms with Gasteiger partial charge in [-0.15, -0.1) is 0 Å². The van der Waals surface area contributed by atoms with E-state index in [0.29, 0.717) is 6.04 Å². The van der Waals surface area contributed by atoms with Gasteiger partial charge in [-0.2, -0.15) is 0 Å². The van der Waals surface area contributed by atoms with E-state index in [1.54, 1.807) is 0 Å². The second-order valence-electron chi connectivity index (χ2n) is 5.32. The third-order valence-electron chi connectivity index (χ3n) is 3.77. The first-order valence-corrected chi connectivity index (χ1v) is 6.72. The van der Waals surface area contributed by atoms with Gasteiger partial charge >= 0.3 is 0 Å². The summed E-state index contributed by atoms with van der Waals surface area (Å²) in [6.45, 7) is 3.21. The molecule has 2 heteroatoms. The third kappa shape index (κ3) is 4.12. The van der Waals surface area contributed by atoms with Crippen molar-refractivity contribution in [1.29, 1.82) is 0 Å². The summed E-state index contributed by atoms with van der Waals surface area (Å²) in [6.07, 6.45) is 6.60. The molecule has 1 aliphatic rings. The Labute approximate surface area is 103 Å². The third-order valence-corrected chi connectivity index (χ3v) is 3.77. The van der Waals surface area contributed by atoms with Crippen LogP contribution >= 0.6 is 0 Å². The van der Waals surface area contributed by atoms with Crippen LogP contribution in [-0.2, 0) is 6.54 Å². The van der Waals surface area contributed by atoms with Crippen LogP contribution in [0.3, 0.4) is 0 Å². The first-order chi connectivity index (χ1) is 8.24. The standard InChI is InChI=1S/C15H22FN/c1-12-3-2-4-15(10-5-12)17-11-13-6-8-14(16)9-7-13/h6-9,12,15,17H,2-5,10-11H2,1H3. The van der Waals surface area contributed by atoms with Gasteiger partial charge in [0.25, 0.3) is 0 Å².